The molecule has 0 amide bonds. The smallest absolute Gasteiger partial charge is 0.342 e. The summed E-state index contributed by atoms with van der Waals surface area (Å²) < 4.78 is 17.1. The van der Waals surface area contributed by atoms with Gasteiger partial charge in [-0.1, -0.05) is 78.4 Å². The van der Waals surface area contributed by atoms with Gasteiger partial charge in [0.15, 0.2) is 0 Å². The highest BCUT2D eigenvalue weighted by Crippen LogP contribution is 2.38. The molecular formula is C30H33NO4. The predicted molar refractivity (Wildman–Crippen MR) is 142 cm³/mol. The van der Waals surface area contributed by atoms with Gasteiger partial charge < -0.3 is 14.2 Å². The summed E-state index contributed by atoms with van der Waals surface area (Å²) in [7, 11) is 3.00. The highest BCUT2D eigenvalue weighted by atomic mass is 16.5. The van der Waals surface area contributed by atoms with Crippen molar-refractivity contribution in [1.82, 2.24) is 5.32 Å². The van der Waals surface area contributed by atoms with Crippen molar-refractivity contribution in [2.24, 2.45) is 0 Å². The van der Waals surface area contributed by atoms with E-state index in [1.54, 1.807) is 7.11 Å². The third-order valence-corrected chi connectivity index (χ3v) is 5.53. The molecule has 0 atom stereocenters. The topological polar surface area (TPSA) is 56.8 Å². The number of benzene rings is 3. The van der Waals surface area contributed by atoms with E-state index in [0.717, 1.165) is 28.7 Å². The summed E-state index contributed by atoms with van der Waals surface area (Å²) in [5, 5.41) is 3.29. The SMILES string of the molecule is C=C(C)CCc1c(OC)cc(C=Cc2ccccc2)c(C(=O)OC)c1OCNCc1ccccc1. The van der Waals surface area contributed by atoms with Gasteiger partial charge in [0.05, 0.1) is 14.2 Å². The summed E-state index contributed by atoms with van der Waals surface area (Å²) in [5.41, 5.74) is 5.04. The van der Waals surface area contributed by atoms with Crippen molar-refractivity contribution in [3.8, 4) is 11.5 Å². The molecule has 0 aliphatic heterocycles. The third-order valence-electron chi connectivity index (χ3n) is 5.53. The Morgan fingerprint density at radius 3 is 2.31 bits per heavy atom. The van der Waals surface area contributed by atoms with Gasteiger partial charge in [-0.2, -0.15) is 0 Å². The molecule has 0 aliphatic carbocycles. The molecule has 0 aliphatic rings. The monoisotopic (exact) mass is 471 g/mol. The molecule has 0 bridgehead atoms. The standard InChI is InChI=1S/C30H33NO4/c1-22(2)15-18-26-27(33-3)19-25(17-16-23-11-7-5-8-12-23)28(30(32)34-4)29(26)35-21-31-20-24-13-9-6-10-14-24/h5-14,16-17,19,31H,1,15,18,20-21H2,2-4H3. The lowest BCUT2D eigenvalue weighted by Gasteiger charge is -2.20. The summed E-state index contributed by atoms with van der Waals surface area (Å²) in [6.45, 7) is 6.86. The second-order valence-corrected chi connectivity index (χ2v) is 8.24. The largest absolute Gasteiger partial charge is 0.496 e. The minimum atomic E-state index is -0.463. The normalized spacial score (nSPS) is 10.8. The fourth-order valence-electron chi connectivity index (χ4n) is 3.72. The zero-order valence-electron chi connectivity index (χ0n) is 20.7. The van der Waals surface area contributed by atoms with Crippen LogP contribution in [0.3, 0.4) is 0 Å². The minimum absolute atomic E-state index is 0.216. The first-order valence-corrected chi connectivity index (χ1v) is 11.6. The lowest BCUT2D eigenvalue weighted by Crippen LogP contribution is -2.22. The quantitative estimate of drug-likeness (QED) is 0.111. The van der Waals surface area contributed by atoms with E-state index in [0.29, 0.717) is 35.6 Å². The van der Waals surface area contributed by atoms with E-state index in [4.69, 9.17) is 14.2 Å². The van der Waals surface area contributed by atoms with Crippen molar-refractivity contribution in [3.63, 3.8) is 0 Å². The molecule has 0 heterocycles. The first-order chi connectivity index (χ1) is 17.0. The van der Waals surface area contributed by atoms with E-state index in [9.17, 15) is 4.79 Å². The Morgan fingerprint density at radius 2 is 1.69 bits per heavy atom. The maximum absolute atomic E-state index is 13.0. The first-order valence-electron chi connectivity index (χ1n) is 11.6. The molecule has 5 nitrogen and oxygen atoms in total. The molecule has 0 aromatic heterocycles. The predicted octanol–water partition coefficient (Wildman–Crippen LogP) is 6.29. The average molecular weight is 472 g/mol. The first kappa shape index (κ1) is 25.8. The molecule has 1 N–H and O–H groups in total. The van der Waals surface area contributed by atoms with E-state index in [1.807, 2.05) is 85.8 Å². The van der Waals surface area contributed by atoms with Crippen LogP contribution in [0.2, 0.25) is 0 Å². The zero-order chi connectivity index (χ0) is 25.0. The number of allylic oxidation sites excluding steroid dienone is 1. The maximum Gasteiger partial charge on any atom is 0.342 e. The van der Waals surface area contributed by atoms with E-state index in [1.165, 1.54) is 7.11 Å². The number of rotatable bonds is 12. The number of carbonyl (C=O) groups is 1. The molecule has 3 aromatic rings. The second kappa shape index (κ2) is 13.2. The Labute approximate surface area is 208 Å². The van der Waals surface area contributed by atoms with E-state index in [2.05, 4.69) is 11.9 Å². The lowest BCUT2D eigenvalue weighted by atomic mass is 9.96. The molecule has 5 heteroatoms. The number of esters is 1. The van der Waals surface area contributed by atoms with Gasteiger partial charge in [-0.25, -0.2) is 4.79 Å². The van der Waals surface area contributed by atoms with Gasteiger partial charge >= 0.3 is 5.97 Å². The second-order valence-electron chi connectivity index (χ2n) is 8.24. The molecule has 0 fully saturated rings. The molecule has 182 valence electrons. The average Bonchev–Trinajstić information content (AvgIpc) is 2.89. The number of hydrogen-bond acceptors (Lipinski definition) is 5. The molecule has 3 rings (SSSR count). The van der Waals surface area contributed by atoms with Crippen LogP contribution in [0.15, 0.2) is 78.9 Å². The number of nitrogens with one attached hydrogen (secondary N) is 1. The molecule has 0 spiro atoms. The van der Waals surface area contributed by atoms with Crippen LogP contribution in [0.25, 0.3) is 12.2 Å². The Kier molecular flexibility index (Phi) is 9.69. The Morgan fingerprint density at radius 1 is 1.00 bits per heavy atom. The van der Waals surface area contributed by atoms with Crippen LogP contribution in [0.5, 0.6) is 11.5 Å². The van der Waals surface area contributed by atoms with Crippen molar-refractivity contribution in [2.75, 3.05) is 21.0 Å². The van der Waals surface area contributed by atoms with Crippen molar-refractivity contribution < 1.29 is 19.0 Å². The highest BCUT2D eigenvalue weighted by Gasteiger charge is 2.25. The van der Waals surface area contributed by atoms with E-state index >= 15 is 0 Å². The molecule has 3 aromatic carbocycles. The van der Waals surface area contributed by atoms with Gasteiger partial charge in [0, 0.05) is 12.1 Å². The summed E-state index contributed by atoms with van der Waals surface area (Å²) in [4.78, 5) is 13.0. The minimum Gasteiger partial charge on any atom is -0.496 e. The molecular weight excluding hydrogens is 438 g/mol. The Balaban J connectivity index is 2.00. The Bertz CT molecular complexity index is 1150. The van der Waals surface area contributed by atoms with Crippen molar-refractivity contribution in [3.05, 3.63) is 107 Å². The summed E-state index contributed by atoms with van der Waals surface area (Å²) in [6.07, 6.45) is 5.20. The van der Waals surface area contributed by atoms with Crippen LogP contribution in [-0.4, -0.2) is 26.9 Å². The number of ether oxygens (including phenoxy) is 3. The number of carbonyl (C=O) groups excluding carboxylic acids is 1. The van der Waals surface area contributed by atoms with Gasteiger partial charge in [0.25, 0.3) is 0 Å². The van der Waals surface area contributed by atoms with Crippen LogP contribution >= 0.6 is 0 Å². The van der Waals surface area contributed by atoms with Gasteiger partial charge in [-0.15, -0.1) is 6.58 Å². The van der Waals surface area contributed by atoms with Gasteiger partial charge in [-0.3, -0.25) is 5.32 Å². The van der Waals surface area contributed by atoms with Crippen LogP contribution in [-0.2, 0) is 17.7 Å². The van der Waals surface area contributed by atoms with Gasteiger partial charge in [-0.05, 0) is 42.5 Å². The van der Waals surface area contributed by atoms with Gasteiger partial charge in [0.2, 0.25) is 0 Å². The van der Waals surface area contributed by atoms with Crippen LogP contribution in [0, 0.1) is 0 Å². The fourth-order valence-corrected chi connectivity index (χ4v) is 3.72. The van der Waals surface area contributed by atoms with Gasteiger partial charge in [0.1, 0.15) is 23.8 Å². The van der Waals surface area contributed by atoms with Crippen LogP contribution in [0.4, 0.5) is 0 Å². The highest BCUT2D eigenvalue weighted by molar-refractivity contribution is 5.99. The lowest BCUT2D eigenvalue weighted by molar-refractivity contribution is 0.0595. The molecule has 0 radical (unpaired) electrons. The van der Waals surface area contributed by atoms with Crippen molar-refractivity contribution in [1.29, 1.82) is 0 Å². The summed E-state index contributed by atoms with van der Waals surface area (Å²) in [5.74, 6) is 0.658. The number of methoxy groups -OCH3 is 2. The van der Waals surface area contributed by atoms with Crippen molar-refractivity contribution >= 4 is 18.1 Å². The Hall–Kier alpha value is -3.83. The summed E-state index contributed by atoms with van der Waals surface area (Å²) in [6, 6.07) is 21.8. The molecule has 0 saturated heterocycles. The third kappa shape index (κ3) is 7.33. The molecule has 0 unspecified atom stereocenters. The fraction of sp³-hybridized carbons (Fsp3) is 0.233. The summed E-state index contributed by atoms with van der Waals surface area (Å²) >= 11 is 0. The number of hydrogen-bond donors (Lipinski definition) is 1. The zero-order valence-corrected chi connectivity index (χ0v) is 20.7. The van der Waals surface area contributed by atoms with Crippen LogP contribution < -0.4 is 14.8 Å². The van der Waals surface area contributed by atoms with Crippen LogP contribution in [0.1, 0.15) is 46.0 Å². The van der Waals surface area contributed by atoms with Crippen molar-refractivity contribution in [2.45, 2.75) is 26.3 Å². The van der Waals surface area contributed by atoms with E-state index in [-0.39, 0.29) is 6.73 Å². The van der Waals surface area contributed by atoms with E-state index < -0.39 is 5.97 Å². The molecule has 0 saturated carbocycles. The maximum atomic E-state index is 13.0. The molecule has 35 heavy (non-hydrogen) atoms.